The fraction of sp³-hybridized carbons (Fsp3) is 0.156. The minimum atomic E-state index is -0.250. The average molecular weight is 565 g/mol. The van der Waals surface area contributed by atoms with Crippen LogP contribution in [0.2, 0.25) is 0 Å². The second kappa shape index (κ2) is 11.5. The van der Waals surface area contributed by atoms with E-state index in [1.165, 1.54) is 5.56 Å². The van der Waals surface area contributed by atoms with Crippen LogP contribution >= 0.6 is 24.0 Å². The van der Waals surface area contributed by atoms with Crippen LogP contribution in [0.1, 0.15) is 35.5 Å². The van der Waals surface area contributed by atoms with Gasteiger partial charge in [0.25, 0.3) is 0 Å². The third-order valence-electron chi connectivity index (χ3n) is 6.97. The molecule has 8 heteroatoms. The van der Waals surface area contributed by atoms with Crippen LogP contribution in [-0.2, 0) is 4.79 Å². The molecule has 3 aromatic carbocycles. The lowest BCUT2D eigenvalue weighted by molar-refractivity contribution is -0.116. The Morgan fingerprint density at radius 2 is 1.80 bits per heavy atom. The number of nitrogens with one attached hydrogen (secondary N) is 2. The number of hydrogen-bond acceptors (Lipinski definition) is 5. The van der Waals surface area contributed by atoms with Gasteiger partial charge < -0.3 is 20.0 Å². The van der Waals surface area contributed by atoms with Crippen molar-refractivity contribution in [2.75, 3.05) is 11.9 Å². The number of thiocarbonyl (C=S) groups is 1. The van der Waals surface area contributed by atoms with Crippen LogP contribution in [0.3, 0.4) is 0 Å². The molecule has 0 aliphatic carbocycles. The number of aryl methyl sites for hydroxylation is 1. The molecule has 2 N–H and O–H groups in total. The minimum Gasteiger partial charge on any atom is -0.452 e. The Kier molecular flexibility index (Phi) is 7.53. The molecule has 1 fully saturated rings. The van der Waals surface area contributed by atoms with Crippen LogP contribution in [0, 0.1) is 6.92 Å². The zero-order valence-electron chi connectivity index (χ0n) is 21.9. The highest BCUT2D eigenvalue weighted by Crippen LogP contribution is 2.41. The van der Waals surface area contributed by atoms with Gasteiger partial charge in [0.2, 0.25) is 5.91 Å². The van der Waals surface area contributed by atoms with Crippen molar-refractivity contribution >= 4 is 51.5 Å². The van der Waals surface area contributed by atoms with E-state index >= 15 is 0 Å². The first-order valence-electron chi connectivity index (χ1n) is 13.1. The summed E-state index contributed by atoms with van der Waals surface area (Å²) in [5, 5.41) is 9.98. The van der Waals surface area contributed by atoms with Gasteiger partial charge in [-0.1, -0.05) is 71.9 Å². The number of carbonyl (C=O) groups excluding carboxylic acids is 1. The van der Waals surface area contributed by atoms with E-state index in [1.54, 1.807) is 18.0 Å². The summed E-state index contributed by atoms with van der Waals surface area (Å²) in [5.74, 6) is 0.696. The van der Waals surface area contributed by atoms with E-state index in [0.29, 0.717) is 11.7 Å². The lowest BCUT2D eigenvalue weighted by atomic mass is 10.0. The predicted octanol–water partition coefficient (Wildman–Crippen LogP) is 7.29. The van der Waals surface area contributed by atoms with Gasteiger partial charge in [0.1, 0.15) is 11.8 Å². The molecule has 6 nitrogen and oxygen atoms in total. The molecule has 3 heterocycles. The van der Waals surface area contributed by atoms with Gasteiger partial charge in [0.15, 0.2) is 10.2 Å². The van der Waals surface area contributed by atoms with Gasteiger partial charge in [-0.25, -0.2) is 0 Å². The molecular weight excluding hydrogens is 537 g/mol. The van der Waals surface area contributed by atoms with Gasteiger partial charge in [0, 0.05) is 35.1 Å². The van der Waals surface area contributed by atoms with E-state index in [1.807, 2.05) is 77.7 Å². The third-order valence-corrected chi connectivity index (χ3v) is 8.26. The number of aromatic nitrogens is 1. The van der Waals surface area contributed by atoms with E-state index in [4.69, 9.17) is 16.6 Å². The second-order valence-corrected chi connectivity index (χ2v) is 11.2. The van der Waals surface area contributed by atoms with E-state index in [0.717, 1.165) is 37.9 Å². The maximum absolute atomic E-state index is 13.1. The quantitative estimate of drug-likeness (QED) is 0.192. The molecule has 0 spiro atoms. The number of benzene rings is 3. The van der Waals surface area contributed by atoms with Gasteiger partial charge in [-0.2, -0.15) is 0 Å². The topological polar surface area (TPSA) is 70.4 Å². The van der Waals surface area contributed by atoms with E-state index in [2.05, 4.69) is 46.8 Å². The number of hydrogen-bond donors (Lipinski definition) is 2. The standard InChI is InChI=1S/C32H28N4O2S2/c1-21-12-14-23(15-13-21)40-29-17-16-27(38-29)31-30(26-10-4-5-19-33-26)35-32(39)36(31)20-18-28(37)34-25-11-6-8-22-7-2-3-9-24(22)25/h2-17,19,30-31H,18,20H2,1H3,(H,34,37)(H,35,39)/t30-,31-/m1/s1. The molecular formula is C32H28N4O2S2. The molecule has 6 rings (SSSR count). The van der Waals surface area contributed by atoms with Crippen LogP contribution in [-0.4, -0.2) is 27.4 Å². The summed E-state index contributed by atoms with van der Waals surface area (Å²) in [7, 11) is 0. The lowest BCUT2D eigenvalue weighted by Crippen LogP contribution is -2.32. The zero-order valence-corrected chi connectivity index (χ0v) is 23.5. The third kappa shape index (κ3) is 5.59. The zero-order chi connectivity index (χ0) is 27.5. The SMILES string of the molecule is Cc1ccc(Sc2ccc([C@@H]3[C@@H](c4ccccn4)NC(=S)N3CCC(=O)Nc3cccc4ccccc34)o2)cc1. The summed E-state index contributed by atoms with van der Waals surface area (Å²) in [5.41, 5.74) is 2.88. The molecule has 5 aromatic rings. The number of nitrogens with zero attached hydrogens (tertiary/aromatic N) is 2. The number of furan rings is 1. The van der Waals surface area contributed by atoms with Gasteiger partial charge >= 0.3 is 0 Å². The van der Waals surface area contributed by atoms with Crippen molar-refractivity contribution in [2.24, 2.45) is 0 Å². The molecule has 40 heavy (non-hydrogen) atoms. The summed E-state index contributed by atoms with van der Waals surface area (Å²) in [6, 6.07) is 31.7. The summed E-state index contributed by atoms with van der Waals surface area (Å²) in [4.78, 5) is 20.8. The Balaban J connectivity index is 1.22. The number of carbonyl (C=O) groups is 1. The lowest BCUT2D eigenvalue weighted by Gasteiger charge is -2.25. The highest BCUT2D eigenvalue weighted by Gasteiger charge is 2.41. The average Bonchev–Trinajstić information content (AvgIpc) is 3.57. The Hall–Kier alpha value is -4.14. The second-order valence-electron chi connectivity index (χ2n) is 9.72. The van der Waals surface area contributed by atoms with Crippen LogP contribution in [0.5, 0.6) is 0 Å². The minimum absolute atomic E-state index is 0.0748. The first kappa shape index (κ1) is 26.1. The highest BCUT2D eigenvalue weighted by molar-refractivity contribution is 7.99. The van der Waals surface area contributed by atoms with Gasteiger partial charge in [-0.05, 0) is 67.0 Å². The first-order valence-corrected chi connectivity index (χ1v) is 14.4. The molecule has 1 aliphatic rings. The maximum atomic E-state index is 13.1. The molecule has 2 aromatic heterocycles. The Morgan fingerprint density at radius 3 is 2.62 bits per heavy atom. The molecule has 1 aliphatic heterocycles. The van der Waals surface area contributed by atoms with Crippen molar-refractivity contribution in [1.82, 2.24) is 15.2 Å². The van der Waals surface area contributed by atoms with Crippen molar-refractivity contribution in [1.29, 1.82) is 0 Å². The fourth-order valence-electron chi connectivity index (χ4n) is 5.00. The Bertz CT molecular complexity index is 1650. The van der Waals surface area contributed by atoms with Gasteiger partial charge in [-0.3, -0.25) is 9.78 Å². The van der Waals surface area contributed by atoms with Crippen molar-refractivity contribution < 1.29 is 9.21 Å². The number of amides is 1. The van der Waals surface area contributed by atoms with Crippen molar-refractivity contribution in [2.45, 2.75) is 35.4 Å². The molecule has 1 saturated heterocycles. The van der Waals surface area contributed by atoms with E-state index in [-0.39, 0.29) is 24.4 Å². The summed E-state index contributed by atoms with van der Waals surface area (Å²) < 4.78 is 6.38. The highest BCUT2D eigenvalue weighted by atomic mass is 32.2. The Labute approximate surface area is 242 Å². The fourth-order valence-corrected chi connectivity index (χ4v) is 6.11. The van der Waals surface area contributed by atoms with E-state index in [9.17, 15) is 4.79 Å². The van der Waals surface area contributed by atoms with Crippen LogP contribution in [0.15, 0.2) is 118 Å². The smallest absolute Gasteiger partial charge is 0.226 e. The number of fused-ring (bicyclic) bond motifs is 1. The van der Waals surface area contributed by atoms with Crippen LogP contribution < -0.4 is 10.6 Å². The van der Waals surface area contributed by atoms with E-state index < -0.39 is 0 Å². The number of pyridine rings is 1. The first-order chi connectivity index (χ1) is 19.5. The maximum Gasteiger partial charge on any atom is 0.226 e. The Morgan fingerprint density at radius 1 is 1.00 bits per heavy atom. The van der Waals surface area contributed by atoms with Crippen LogP contribution in [0.4, 0.5) is 5.69 Å². The molecule has 2 atom stereocenters. The summed E-state index contributed by atoms with van der Waals surface area (Å²) >= 11 is 7.35. The molecule has 0 radical (unpaired) electrons. The normalized spacial score (nSPS) is 16.7. The van der Waals surface area contributed by atoms with Crippen LogP contribution in [0.25, 0.3) is 10.8 Å². The number of rotatable bonds is 8. The van der Waals surface area contributed by atoms with Crippen molar-refractivity contribution in [3.63, 3.8) is 0 Å². The van der Waals surface area contributed by atoms with Gasteiger partial charge in [0.05, 0.1) is 11.7 Å². The van der Waals surface area contributed by atoms with Crippen molar-refractivity contribution in [3.8, 4) is 0 Å². The molecule has 200 valence electrons. The number of anilines is 1. The molecule has 1 amide bonds. The summed E-state index contributed by atoms with van der Waals surface area (Å²) in [6.45, 7) is 2.50. The predicted molar refractivity (Wildman–Crippen MR) is 163 cm³/mol. The molecule has 0 bridgehead atoms. The summed E-state index contributed by atoms with van der Waals surface area (Å²) in [6.07, 6.45) is 2.04. The monoisotopic (exact) mass is 564 g/mol. The molecule has 0 saturated carbocycles. The molecule has 0 unspecified atom stereocenters. The largest absolute Gasteiger partial charge is 0.452 e. The van der Waals surface area contributed by atoms with Gasteiger partial charge in [-0.15, -0.1) is 0 Å². The van der Waals surface area contributed by atoms with Crippen molar-refractivity contribution in [3.05, 3.63) is 120 Å².